The molecular formula is C30H46N2O8. The van der Waals surface area contributed by atoms with E-state index in [0.29, 0.717) is 56.5 Å². The molecule has 1 amide bonds. The van der Waals surface area contributed by atoms with Crippen molar-refractivity contribution in [3.05, 3.63) is 17.7 Å². The van der Waals surface area contributed by atoms with Crippen molar-refractivity contribution < 1.29 is 38.4 Å². The lowest BCUT2D eigenvalue weighted by atomic mass is 9.77. The lowest BCUT2D eigenvalue weighted by Gasteiger charge is -2.37. The molecule has 3 unspecified atom stereocenters. The van der Waals surface area contributed by atoms with Crippen LogP contribution in [0.25, 0.3) is 0 Å². The number of ether oxygens (including phenoxy) is 5. The Morgan fingerprint density at radius 2 is 1.77 bits per heavy atom. The summed E-state index contributed by atoms with van der Waals surface area (Å²) >= 11 is 0. The fourth-order valence-corrected chi connectivity index (χ4v) is 6.23. The van der Waals surface area contributed by atoms with Gasteiger partial charge in [0.05, 0.1) is 32.8 Å². The van der Waals surface area contributed by atoms with Crippen molar-refractivity contribution in [2.45, 2.75) is 78.0 Å². The van der Waals surface area contributed by atoms with Gasteiger partial charge in [0.15, 0.2) is 17.8 Å². The number of fused-ring (bicyclic) bond motifs is 1. The van der Waals surface area contributed by atoms with Crippen molar-refractivity contribution in [1.29, 1.82) is 0 Å². The van der Waals surface area contributed by atoms with Crippen molar-refractivity contribution in [3.63, 3.8) is 0 Å². The number of carbonyl (C=O) groups is 2. The third-order valence-corrected chi connectivity index (χ3v) is 8.39. The lowest BCUT2D eigenvalue weighted by Crippen LogP contribution is -2.47. The van der Waals surface area contributed by atoms with Gasteiger partial charge in [0.25, 0.3) is 0 Å². The van der Waals surface area contributed by atoms with Crippen molar-refractivity contribution >= 4 is 11.9 Å². The van der Waals surface area contributed by atoms with Gasteiger partial charge in [0.1, 0.15) is 0 Å². The summed E-state index contributed by atoms with van der Waals surface area (Å²) in [6.45, 7) is 11.5. The van der Waals surface area contributed by atoms with Crippen LogP contribution in [-0.4, -0.2) is 92.4 Å². The highest BCUT2D eigenvalue weighted by Gasteiger charge is 2.51. The summed E-state index contributed by atoms with van der Waals surface area (Å²) in [4.78, 5) is 30.7. The van der Waals surface area contributed by atoms with Crippen LogP contribution < -0.4 is 14.2 Å². The first-order chi connectivity index (χ1) is 19.2. The van der Waals surface area contributed by atoms with Gasteiger partial charge in [0, 0.05) is 37.0 Å². The average molecular weight is 563 g/mol. The van der Waals surface area contributed by atoms with Crippen LogP contribution >= 0.6 is 0 Å². The Bertz CT molecular complexity index is 1020. The number of methoxy groups -OCH3 is 1. The van der Waals surface area contributed by atoms with Crippen LogP contribution in [0.4, 0.5) is 0 Å². The van der Waals surface area contributed by atoms with Crippen molar-refractivity contribution in [1.82, 2.24) is 9.80 Å². The molecule has 10 heteroatoms. The number of aliphatic carboxylic acids is 1. The highest BCUT2D eigenvalue weighted by molar-refractivity contribution is 5.79. The molecule has 224 valence electrons. The average Bonchev–Trinajstić information content (AvgIpc) is 3.69. The molecule has 10 nitrogen and oxygen atoms in total. The zero-order valence-corrected chi connectivity index (χ0v) is 24.6. The summed E-state index contributed by atoms with van der Waals surface area (Å²) in [7, 11) is 1.56. The van der Waals surface area contributed by atoms with Crippen LogP contribution in [0.2, 0.25) is 0 Å². The third kappa shape index (κ3) is 6.66. The Balaban J connectivity index is 1.67. The number of carbonyl (C=O) groups excluding carboxylic acids is 1. The fraction of sp³-hybridized carbons (Fsp3) is 0.733. The second kappa shape index (κ2) is 13.4. The van der Waals surface area contributed by atoms with Crippen molar-refractivity contribution in [2.75, 3.05) is 53.3 Å². The Morgan fingerprint density at radius 1 is 1.10 bits per heavy atom. The minimum absolute atomic E-state index is 0.0473. The highest BCUT2D eigenvalue weighted by Crippen LogP contribution is 2.48. The molecule has 3 aliphatic rings. The number of nitrogens with zero attached hydrogens (tertiary/aromatic N) is 2. The molecule has 0 aliphatic carbocycles. The van der Waals surface area contributed by atoms with E-state index in [1.54, 1.807) is 7.11 Å². The first-order valence-electron chi connectivity index (χ1n) is 14.7. The van der Waals surface area contributed by atoms with Crippen LogP contribution in [-0.2, 0) is 19.1 Å². The second-order valence-corrected chi connectivity index (χ2v) is 11.8. The molecule has 3 heterocycles. The number of hydrogen-bond donors (Lipinski definition) is 1. The fourth-order valence-electron chi connectivity index (χ4n) is 6.23. The molecule has 2 fully saturated rings. The maximum absolute atomic E-state index is 13.7. The van der Waals surface area contributed by atoms with Gasteiger partial charge in [-0.25, -0.2) is 0 Å². The molecule has 0 bridgehead atoms. The van der Waals surface area contributed by atoms with Crippen LogP contribution in [0.3, 0.4) is 0 Å². The maximum atomic E-state index is 13.7. The summed E-state index contributed by atoms with van der Waals surface area (Å²) < 4.78 is 28.5. The molecule has 3 aliphatic heterocycles. The summed E-state index contributed by atoms with van der Waals surface area (Å²) in [5.74, 6) is -0.385. The molecule has 1 aromatic carbocycles. The van der Waals surface area contributed by atoms with E-state index in [4.69, 9.17) is 23.7 Å². The van der Waals surface area contributed by atoms with Crippen LogP contribution in [0.5, 0.6) is 17.2 Å². The number of benzene rings is 1. The number of rotatable bonds is 14. The number of carboxylic acids is 1. The van der Waals surface area contributed by atoms with Gasteiger partial charge in [-0.3, -0.25) is 14.5 Å². The lowest BCUT2D eigenvalue weighted by molar-refractivity contribution is -0.148. The Morgan fingerprint density at radius 3 is 2.38 bits per heavy atom. The topological polar surface area (TPSA) is 107 Å². The molecule has 2 saturated heterocycles. The van der Waals surface area contributed by atoms with Gasteiger partial charge in [0.2, 0.25) is 18.4 Å². The first kappa shape index (κ1) is 30.4. The summed E-state index contributed by atoms with van der Waals surface area (Å²) in [6.07, 6.45) is 3.98. The normalized spacial score (nSPS) is 23.1. The molecule has 3 atom stereocenters. The number of unbranched alkanes of at least 4 members (excludes halogenated alkanes) is 2. The molecule has 1 aromatic rings. The number of amides is 1. The summed E-state index contributed by atoms with van der Waals surface area (Å²) in [6, 6.07) is 3.31. The van der Waals surface area contributed by atoms with E-state index in [-0.39, 0.29) is 25.2 Å². The first-order valence-corrected chi connectivity index (χ1v) is 14.7. The predicted octanol–water partition coefficient (Wildman–Crippen LogP) is 4.11. The van der Waals surface area contributed by atoms with Gasteiger partial charge in [-0.15, -0.1) is 0 Å². The number of carboxylic acid groups (broad SMARTS) is 1. The van der Waals surface area contributed by atoms with Crippen LogP contribution in [0.15, 0.2) is 12.1 Å². The van der Waals surface area contributed by atoms with Gasteiger partial charge >= 0.3 is 5.97 Å². The molecule has 0 aromatic heterocycles. The minimum atomic E-state index is -0.889. The molecule has 1 N–H and O–H groups in total. The maximum Gasteiger partial charge on any atom is 0.308 e. The molecule has 0 radical (unpaired) electrons. The standard InChI is InChI=1S/C30H46N2O8/c1-6-8-10-31(11-9-7-2)25(33)18-32-17-21(20-14-23(36-5)27-24(15-20)39-19-40-27)26(28(34)35)22(32)16-30(3,4)29-37-12-13-38-29/h14-15,21-22,26,29H,6-13,16-19H2,1-5H3,(H,34,35). The zero-order chi connectivity index (χ0) is 28.9. The van der Waals surface area contributed by atoms with E-state index in [1.807, 2.05) is 30.9 Å². The largest absolute Gasteiger partial charge is 0.493 e. The van der Waals surface area contributed by atoms with E-state index >= 15 is 0 Å². The van der Waals surface area contributed by atoms with Gasteiger partial charge in [-0.05, 0) is 37.0 Å². The Kier molecular flexibility index (Phi) is 10.2. The Labute approximate surface area is 237 Å². The van der Waals surface area contributed by atoms with Crippen molar-refractivity contribution in [2.24, 2.45) is 11.3 Å². The highest BCUT2D eigenvalue weighted by atomic mass is 16.7. The predicted molar refractivity (Wildman–Crippen MR) is 149 cm³/mol. The van der Waals surface area contributed by atoms with Gasteiger partial charge < -0.3 is 33.7 Å². The SMILES string of the molecule is CCCCN(CCCC)C(=O)CN1CC(c2cc(OC)c3c(c2)OCO3)C(C(=O)O)C1CC(C)(C)C1OCCO1. The second-order valence-electron chi connectivity index (χ2n) is 11.8. The molecule has 4 rings (SSSR count). The monoisotopic (exact) mass is 562 g/mol. The smallest absolute Gasteiger partial charge is 0.308 e. The van der Waals surface area contributed by atoms with E-state index in [2.05, 4.69) is 18.7 Å². The van der Waals surface area contributed by atoms with E-state index in [1.165, 1.54) is 0 Å². The van der Waals surface area contributed by atoms with Crippen molar-refractivity contribution in [3.8, 4) is 17.2 Å². The summed E-state index contributed by atoms with van der Waals surface area (Å²) in [5.41, 5.74) is 0.343. The third-order valence-electron chi connectivity index (χ3n) is 8.39. The quantitative estimate of drug-likeness (QED) is 0.358. The summed E-state index contributed by atoms with van der Waals surface area (Å²) in [5, 5.41) is 10.6. The molecular weight excluding hydrogens is 516 g/mol. The van der Waals surface area contributed by atoms with Crippen LogP contribution in [0, 0.1) is 11.3 Å². The zero-order valence-electron chi connectivity index (χ0n) is 24.6. The van der Waals surface area contributed by atoms with E-state index in [9.17, 15) is 14.7 Å². The van der Waals surface area contributed by atoms with Gasteiger partial charge in [-0.2, -0.15) is 0 Å². The molecule has 40 heavy (non-hydrogen) atoms. The number of likely N-dealkylation sites (tertiary alicyclic amines) is 1. The van der Waals surface area contributed by atoms with Crippen LogP contribution in [0.1, 0.15) is 71.3 Å². The minimum Gasteiger partial charge on any atom is -0.493 e. The molecule has 0 saturated carbocycles. The molecule has 0 spiro atoms. The van der Waals surface area contributed by atoms with E-state index < -0.39 is 29.6 Å². The number of hydrogen-bond acceptors (Lipinski definition) is 8. The van der Waals surface area contributed by atoms with E-state index in [0.717, 1.165) is 31.2 Å². The van der Waals surface area contributed by atoms with Gasteiger partial charge in [-0.1, -0.05) is 40.5 Å². The Hall–Kier alpha value is -2.56.